The van der Waals surface area contributed by atoms with E-state index in [-0.39, 0.29) is 6.61 Å². The Morgan fingerprint density at radius 1 is 0.944 bits per heavy atom. The monoisotopic (exact) mass is 240 g/mol. The number of benzene rings is 2. The van der Waals surface area contributed by atoms with Crippen molar-refractivity contribution < 1.29 is 14.3 Å². The van der Waals surface area contributed by atoms with Crippen LogP contribution in [0.15, 0.2) is 59.0 Å². The molecule has 0 atom stereocenters. The highest BCUT2D eigenvalue weighted by atomic mass is 16.6. The van der Waals surface area contributed by atoms with Crippen LogP contribution >= 0.6 is 0 Å². The molecule has 0 aliphatic carbocycles. The zero-order chi connectivity index (χ0) is 12.4. The van der Waals surface area contributed by atoms with Gasteiger partial charge in [-0.1, -0.05) is 36.4 Å². The van der Waals surface area contributed by atoms with Gasteiger partial charge in [0.25, 0.3) is 5.95 Å². The fraction of sp³-hybridized carbons (Fsp3) is 0.0667. The molecule has 0 unspecified atom stereocenters. The third kappa shape index (κ3) is 1.96. The van der Waals surface area contributed by atoms with Gasteiger partial charge in [-0.05, 0) is 17.5 Å². The van der Waals surface area contributed by atoms with E-state index in [2.05, 4.69) is 0 Å². The average molecular weight is 240 g/mol. The van der Waals surface area contributed by atoms with Gasteiger partial charge in [-0.2, -0.15) is 0 Å². The zero-order valence-corrected chi connectivity index (χ0v) is 9.67. The molecule has 0 aliphatic rings. The highest BCUT2D eigenvalue weighted by Crippen LogP contribution is 2.30. The van der Waals surface area contributed by atoms with E-state index in [0.29, 0.717) is 11.7 Å². The Morgan fingerprint density at radius 2 is 1.78 bits per heavy atom. The van der Waals surface area contributed by atoms with Crippen molar-refractivity contribution in [1.29, 1.82) is 0 Å². The van der Waals surface area contributed by atoms with Crippen molar-refractivity contribution in [3.63, 3.8) is 0 Å². The van der Waals surface area contributed by atoms with Gasteiger partial charge in [0.05, 0.1) is 0 Å². The summed E-state index contributed by atoms with van der Waals surface area (Å²) in [6, 6.07) is 17.2. The average Bonchev–Trinajstić information content (AvgIpc) is 2.87. The van der Waals surface area contributed by atoms with Crippen molar-refractivity contribution in [2.75, 3.05) is 0 Å². The van der Waals surface area contributed by atoms with Crippen LogP contribution in [0.1, 0.15) is 5.76 Å². The Balaban J connectivity index is 1.99. The summed E-state index contributed by atoms with van der Waals surface area (Å²) in [7, 11) is 0. The molecule has 0 aliphatic heterocycles. The van der Waals surface area contributed by atoms with Gasteiger partial charge < -0.3 is 14.3 Å². The van der Waals surface area contributed by atoms with Gasteiger partial charge in [0.15, 0.2) is 0 Å². The van der Waals surface area contributed by atoms with E-state index >= 15 is 0 Å². The van der Waals surface area contributed by atoms with Crippen molar-refractivity contribution >= 4 is 10.8 Å². The summed E-state index contributed by atoms with van der Waals surface area (Å²) >= 11 is 0. The Hall–Kier alpha value is -2.26. The lowest BCUT2D eigenvalue weighted by Gasteiger charge is -2.06. The van der Waals surface area contributed by atoms with Crippen LogP contribution in [0.25, 0.3) is 10.8 Å². The van der Waals surface area contributed by atoms with Gasteiger partial charge in [-0.3, -0.25) is 0 Å². The number of hydrogen-bond acceptors (Lipinski definition) is 3. The SMILES string of the molecule is OCc1ccc(Oc2cccc3ccccc23)o1. The van der Waals surface area contributed by atoms with Gasteiger partial charge in [0, 0.05) is 11.5 Å². The molecule has 0 bridgehead atoms. The third-order valence-electron chi connectivity index (χ3n) is 2.75. The van der Waals surface area contributed by atoms with E-state index in [4.69, 9.17) is 14.3 Å². The number of furan rings is 1. The molecule has 3 aromatic rings. The van der Waals surface area contributed by atoms with Crippen molar-refractivity contribution in [3.05, 3.63) is 60.4 Å². The highest BCUT2D eigenvalue weighted by molar-refractivity contribution is 5.88. The summed E-state index contributed by atoms with van der Waals surface area (Å²) in [4.78, 5) is 0. The first-order chi connectivity index (χ1) is 8.86. The Labute approximate surface area is 104 Å². The maximum absolute atomic E-state index is 8.94. The molecule has 1 N–H and O–H groups in total. The summed E-state index contributed by atoms with van der Waals surface area (Å²) in [6.45, 7) is -0.126. The van der Waals surface area contributed by atoms with Gasteiger partial charge in [-0.15, -0.1) is 0 Å². The molecule has 2 aromatic carbocycles. The number of aliphatic hydroxyl groups excluding tert-OH is 1. The summed E-state index contributed by atoms with van der Waals surface area (Å²) in [6.07, 6.45) is 0. The molecule has 3 rings (SSSR count). The predicted molar refractivity (Wildman–Crippen MR) is 68.7 cm³/mol. The standard InChI is InChI=1S/C15H12O3/c16-10-12-8-9-15(17-12)18-14-7-3-5-11-4-1-2-6-13(11)14/h1-9,16H,10H2. The van der Waals surface area contributed by atoms with Crippen LogP contribution in [-0.4, -0.2) is 5.11 Å². The Kier molecular flexibility index (Phi) is 2.74. The zero-order valence-electron chi connectivity index (χ0n) is 9.67. The molecule has 0 radical (unpaired) electrons. The van der Waals surface area contributed by atoms with Gasteiger partial charge in [0.2, 0.25) is 0 Å². The largest absolute Gasteiger partial charge is 0.428 e. The Bertz CT molecular complexity index is 665. The van der Waals surface area contributed by atoms with Crippen LogP contribution in [0, 0.1) is 0 Å². The van der Waals surface area contributed by atoms with Gasteiger partial charge >= 0.3 is 0 Å². The molecule has 0 spiro atoms. The molecule has 0 amide bonds. The van der Waals surface area contributed by atoms with E-state index in [1.807, 2.05) is 42.5 Å². The normalized spacial score (nSPS) is 10.7. The molecule has 3 heteroatoms. The minimum absolute atomic E-state index is 0.126. The molecule has 18 heavy (non-hydrogen) atoms. The van der Waals surface area contributed by atoms with Crippen molar-refractivity contribution in [2.24, 2.45) is 0 Å². The lowest BCUT2D eigenvalue weighted by atomic mass is 10.1. The molecule has 90 valence electrons. The Morgan fingerprint density at radius 3 is 2.61 bits per heavy atom. The molecular formula is C15H12O3. The second-order valence-electron chi connectivity index (χ2n) is 3.96. The molecule has 3 nitrogen and oxygen atoms in total. The molecular weight excluding hydrogens is 228 g/mol. The van der Waals surface area contributed by atoms with E-state index in [9.17, 15) is 0 Å². The number of aliphatic hydroxyl groups is 1. The van der Waals surface area contributed by atoms with E-state index in [0.717, 1.165) is 16.5 Å². The number of ether oxygens (including phenoxy) is 1. The summed E-state index contributed by atoms with van der Waals surface area (Å²) in [5.41, 5.74) is 0. The van der Waals surface area contributed by atoms with Crippen LogP contribution in [0.2, 0.25) is 0 Å². The first-order valence-electron chi connectivity index (χ1n) is 5.72. The summed E-state index contributed by atoms with van der Waals surface area (Å²) in [5.74, 6) is 1.62. The number of fused-ring (bicyclic) bond motifs is 1. The van der Waals surface area contributed by atoms with Gasteiger partial charge in [0.1, 0.15) is 18.1 Å². The molecule has 0 fully saturated rings. The third-order valence-corrected chi connectivity index (χ3v) is 2.75. The maximum Gasteiger partial charge on any atom is 0.290 e. The summed E-state index contributed by atoms with van der Waals surface area (Å²) in [5, 5.41) is 11.1. The topological polar surface area (TPSA) is 42.6 Å². The lowest BCUT2D eigenvalue weighted by molar-refractivity contribution is 0.232. The van der Waals surface area contributed by atoms with Crippen molar-refractivity contribution in [3.8, 4) is 11.7 Å². The number of hydrogen-bond donors (Lipinski definition) is 1. The lowest BCUT2D eigenvalue weighted by Crippen LogP contribution is -1.84. The quantitative estimate of drug-likeness (QED) is 0.758. The maximum atomic E-state index is 8.94. The van der Waals surface area contributed by atoms with E-state index in [1.54, 1.807) is 12.1 Å². The molecule has 0 saturated heterocycles. The van der Waals surface area contributed by atoms with E-state index in [1.165, 1.54) is 0 Å². The van der Waals surface area contributed by atoms with Crippen molar-refractivity contribution in [2.45, 2.75) is 6.61 Å². The van der Waals surface area contributed by atoms with Gasteiger partial charge in [-0.25, -0.2) is 0 Å². The highest BCUT2D eigenvalue weighted by Gasteiger charge is 2.06. The molecule has 1 heterocycles. The predicted octanol–water partition coefficient (Wildman–Crippen LogP) is 3.72. The minimum atomic E-state index is -0.126. The molecule has 1 aromatic heterocycles. The minimum Gasteiger partial charge on any atom is -0.428 e. The van der Waals surface area contributed by atoms with E-state index < -0.39 is 0 Å². The van der Waals surface area contributed by atoms with Crippen LogP contribution in [0.3, 0.4) is 0 Å². The van der Waals surface area contributed by atoms with Crippen LogP contribution in [0.5, 0.6) is 11.7 Å². The second-order valence-corrected chi connectivity index (χ2v) is 3.96. The number of rotatable bonds is 3. The second kappa shape index (κ2) is 4.55. The fourth-order valence-corrected chi connectivity index (χ4v) is 1.89. The first kappa shape index (κ1) is 10.9. The molecule has 0 saturated carbocycles. The van der Waals surface area contributed by atoms with Crippen LogP contribution in [0.4, 0.5) is 0 Å². The fourth-order valence-electron chi connectivity index (χ4n) is 1.89. The first-order valence-corrected chi connectivity index (χ1v) is 5.72. The van der Waals surface area contributed by atoms with Crippen LogP contribution in [-0.2, 0) is 6.61 Å². The van der Waals surface area contributed by atoms with Crippen molar-refractivity contribution in [1.82, 2.24) is 0 Å². The summed E-state index contributed by atoms with van der Waals surface area (Å²) < 4.78 is 11.0. The van der Waals surface area contributed by atoms with Crippen LogP contribution < -0.4 is 4.74 Å². The smallest absolute Gasteiger partial charge is 0.290 e.